The molecule has 1 unspecified atom stereocenters. The highest BCUT2D eigenvalue weighted by atomic mass is 16.4. The lowest BCUT2D eigenvalue weighted by Gasteiger charge is -2.29. The van der Waals surface area contributed by atoms with Crippen LogP contribution in [0.5, 0.6) is 0 Å². The Bertz CT molecular complexity index is 588. The normalized spacial score (nSPS) is 20.4. The minimum atomic E-state index is -0.792. The second-order valence-electron chi connectivity index (χ2n) is 4.53. The van der Waals surface area contributed by atoms with Crippen LogP contribution in [0.2, 0.25) is 0 Å². The standard InChI is InChI=1S/C13H14N2O2/c1-15-7-6-9-8-4-2-3-5-10(8)14-11(9)12(15)13(16)17/h2-5,12,14H,6-7H2,1H3,(H,16,17). The van der Waals surface area contributed by atoms with E-state index in [1.54, 1.807) is 0 Å². The summed E-state index contributed by atoms with van der Waals surface area (Å²) in [5, 5.41) is 10.5. The fourth-order valence-electron chi connectivity index (χ4n) is 2.67. The lowest BCUT2D eigenvalue weighted by Crippen LogP contribution is -2.36. The van der Waals surface area contributed by atoms with Crippen molar-refractivity contribution >= 4 is 16.9 Å². The van der Waals surface area contributed by atoms with Gasteiger partial charge in [-0.2, -0.15) is 0 Å². The molecule has 1 aromatic carbocycles. The van der Waals surface area contributed by atoms with Crippen molar-refractivity contribution in [1.29, 1.82) is 0 Å². The van der Waals surface area contributed by atoms with Crippen LogP contribution in [0.15, 0.2) is 24.3 Å². The number of aliphatic carboxylic acids is 1. The third-order valence-corrected chi connectivity index (χ3v) is 3.51. The lowest BCUT2D eigenvalue weighted by atomic mass is 9.98. The molecular weight excluding hydrogens is 216 g/mol. The Morgan fingerprint density at radius 1 is 1.47 bits per heavy atom. The van der Waals surface area contributed by atoms with Gasteiger partial charge in [0.25, 0.3) is 0 Å². The topological polar surface area (TPSA) is 56.3 Å². The van der Waals surface area contributed by atoms with Crippen LogP contribution in [0.25, 0.3) is 10.9 Å². The second-order valence-corrected chi connectivity index (χ2v) is 4.53. The quantitative estimate of drug-likeness (QED) is 0.785. The fourth-order valence-corrected chi connectivity index (χ4v) is 2.67. The van der Waals surface area contributed by atoms with Gasteiger partial charge in [-0.25, -0.2) is 0 Å². The van der Waals surface area contributed by atoms with Crippen LogP contribution >= 0.6 is 0 Å². The van der Waals surface area contributed by atoms with Crippen molar-refractivity contribution in [2.45, 2.75) is 12.5 Å². The minimum absolute atomic E-state index is 0.550. The van der Waals surface area contributed by atoms with Gasteiger partial charge in [-0.1, -0.05) is 18.2 Å². The molecule has 1 aliphatic heterocycles. The van der Waals surface area contributed by atoms with E-state index in [0.29, 0.717) is 0 Å². The maximum absolute atomic E-state index is 11.3. The molecule has 1 aromatic heterocycles. The zero-order chi connectivity index (χ0) is 12.0. The summed E-state index contributed by atoms with van der Waals surface area (Å²) < 4.78 is 0. The van der Waals surface area contributed by atoms with Gasteiger partial charge in [0.05, 0.1) is 0 Å². The van der Waals surface area contributed by atoms with Crippen molar-refractivity contribution in [3.05, 3.63) is 35.5 Å². The number of carbonyl (C=O) groups is 1. The maximum Gasteiger partial charge on any atom is 0.327 e. The second kappa shape index (κ2) is 3.60. The summed E-state index contributed by atoms with van der Waals surface area (Å²) in [5.74, 6) is -0.792. The maximum atomic E-state index is 11.3. The van der Waals surface area contributed by atoms with Crippen LogP contribution in [0.3, 0.4) is 0 Å². The zero-order valence-electron chi connectivity index (χ0n) is 9.60. The highest BCUT2D eigenvalue weighted by Crippen LogP contribution is 2.33. The highest BCUT2D eigenvalue weighted by Gasteiger charge is 2.33. The average molecular weight is 230 g/mol. The first kappa shape index (κ1) is 10.4. The number of benzene rings is 1. The van der Waals surface area contributed by atoms with Gasteiger partial charge in [-0.05, 0) is 25.1 Å². The number of carboxylic acids is 1. The van der Waals surface area contributed by atoms with E-state index >= 15 is 0 Å². The lowest BCUT2D eigenvalue weighted by molar-refractivity contribution is -0.143. The summed E-state index contributed by atoms with van der Waals surface area (Å²) in [5.41, 5.74) is 3.03. The summed E-state index contributed by atoms with van der Waals surface area (Å²) >= 11 is 0. The van der Waals surface area contributed by atoms with Crippen LogP contribution < -0.4 is 0 Å². The van der Waals surface area contributed by atoms with E-state index < -0.39 is 12.0 Å². The molecule has 2 aromatic rings. The number of hydrogen-bond donors (Lipinski definition) is 2. The number of H-pyrrole nitrogens is 1. The average Bonchev–Trinajstić information content (AvgIpc) is 2.66. The van der Waals surface area contributed by atoms with Gasteiger partial charge in [0.15, 0.2) is 0 Å². The Kier molecular flexibility index (Phi) is 2.19. The van der Waals surface area contributed by atoms with E-state index in [2.05, 4.69) is 11.1 Å². The number of rotatable bonds is 1. The highest BCUT2D eigenvalue weighted by molar-refractivity contribution is 5.88. The predicted octanol–water partition coefficient (Wildman–Crippen LogP) is 1.78. The van der Waals surface area contributed by atoms with Gasteiger partial charge in [-0.15, -0.1) is 0 Å². The molecule has 0 fully saturated rings. The van der Waals surface area contributed by atoms with Crippen molar-refractivity contribution in [3.63, 3.8) is 0 Å². The van der Waals surface area contributed by atoms with Crippen LogP contribution in [0, 0.1) is 0 Å². The van der Waals surface area contributed by atoms with E-state index in [0.717, 1.165) is 35.1 Å². The van der Waals surface area contributed by atoms with E-state index in [1.807, 2.05) is 30.1 Å². The van der Waals surface area contributed by atoms with E-state index in [-0.39, 0.29) is 0 Å². The molecule has 2 N–H and O–H groups in total. The molecule has 2 heterocycles. The molecule has 0 spiro atoms. The van der Waals surface area contributed by atoms with E-state index in [1.165, 1.54) is 0 Å². The van der Waals surface area contributed by atoms with Crippen molar-refractivity contribution < 1.29 is 9.90 Å². The van der Waals surface area contributed by atoms with E-state index in [9.17, 15) is 9.90 Å². The number of aromatic amines is 1. The number of likely N-dealkylation sites (N-methyl/N-ethyl adjacent to an activating group) is 1. The number of carboxylic acid groups (broad SMARTS) is 1. The number of para-hydroxylation sites is 1. The van der Waals surface area contributed by atoms with Crippen LogP contribution in [-0.4, -0.2) is 34.6 Å². The van der Waals surface area contributed by atoms with Gasteiger partial charge in [0, 0.05) is 23.1 Å². The Labute approximate surface area is 98.9 Å². The molecule has 0 saturated heterocycles. The Morgan fingerprint density at radius 3 is 3.00 bits per heavy atom. The van der Waals surface area contributed by atoms with Gasteiger partial charge in [0.2, 0.25) is 0 Å². The smallest absolute Gasteiger partial charge is 0.327 e. The fraction of sp³-hybridized carbons (Fsp3) is 0.308. The summed E-state index contributed by atoms with van der Waals surface area (Å²) in [6.07, 6.45) is 0.902. The molecule has 1 atom stereocenters. The molecule has 0 aliphatic carbocycles. The molecule has 88 valence electrons. The largest absolute Gasteiger partial charge is 0.480 e. The van der Waals surface area contributed by atoms with Crippen molar-refractivity contribution in [3.8, 4) is 0 Å². The summed E-state index contributed by atoms with van der Waals surface area (Å²) in [7, 11) is 1.85. The molecule has 17 heavy (non-hydrogen) atoms. The minimum Gasteiger partial charge on any atom is -0.480 e. The first-order valence-electron chi connectivity index (χ1n) is 5.71. The van der Waals surface area contributed by atoms with Crippen LogP contribution in [0.4, 0.5) is 0 Å². The van der Waals surface area contributed by atoms with Gasteiger partial charge in [0.1, 0.15) is 6.04 Å². The molecule has 4 nitrogen and oxygen atoms in total. The van der Waals surface area contributed by atoms with Gasteiger partial charge in [-0.3, -0.25) is 9.69 Å². The van der Waals surface area contributed by atoms with Crippen molar-refractivity contribution in [2.75, 3.05) is 13.6 Å². The summed E-state index contributed by atoms with van der Waals surface area (Å²) in [4.78, 5) is 16.5. The zero-order valence-corrected chi connectivity index (χ0v) is 9.60. The number of hydrogen-bond acceptors (Lipinski definition) is 2. The number of fused-ring (bicyclic) bond motifs is 3. The number of aromatic nitrogens is 1. The first-order chi connectivity index (χ1) is 8.18. The molecule has 3 rings (SSSR count). The molecule has 0 amide bonds. The predicted molar refractivity (Wildman–Crippen MR) is 65.0 cm³/mol. The van der Waals surface area contributed by atoms with Crippen molar-refractivity contribution in [2.24, 2.45) is 0 Å². The van der Waals surface area contributed by atoms with Crippen molar-refractivity contribution in [1.82, 2.24) is 9.88 Å². The molecule has 0 saturated carbocycles. The first-order valence-corrected chi connectivity index (χ1v) is 5.71. The Morgan fingerprint density at radius 2 is 2.24 bits per heavy atom. The third-order valence-electron chi connectivity index (χ3n) is 3.51. The molecule has 1 aliphatic rings. The Hall–Kier alpha value is -1.81. The summed E-state index contributed by atoms with van der Waals surface area (Å²) in [6, 6.07) is 7.45. The van der Waals surface area contributed by atoms with E-state index in [4.69, 9.17) is 0 Å². The summed E-state index contributed by atoms with van der Waals surface area (Å²) in [6.45, 7) is 0.784. The molecule has 4 heteroatoms. The van der Waals surface area contributed by atoms with Crippen LogP contribution in [0.1, 0.15) is 17.3 Å². The van der Waals surface area contributed by atoms with Gasteiger partial charge >= 0.3 is 5.97 Å². The molecule has 0 radical (unpaired) electrons. The number of nitrogens with one attached hydrogen (secondary N) is 1. The van der Waals surface area contributed by atoms with Gasteiger partial charge < -0.3 is 10.1 Å². The monoisotopic (exact) mass is 230 g/mol. The Balaban J connectivity index is 2.25. The molecule has 0 bridgehead atoms. The van der Waals surface area contributed by atoms with Crippen LogP contribution in [-0.2, 0) is 11.2 Å². The molecular formula is C13H14N2O2. The third kappa shape index (κ3) is 1.45. The number of nitrogens with zero attached hydrogens (tertiary/aromatic N) is 1. The SMILES string of the molecule is CN1CCc2c([nH]c3ccccc23)C1C(=O)O.